The first-order valence-electron chi connectivity index (χ1n) is 4.92. The summed E-state index contributed by atoms with van der Waals surface area (Å²) in [5.41, 5.74) is 0.752. The molecule has 0 radical (unpaired) electrons. The van der Waals surface area contributed by atoms with Crippen molar-refractivity contribution in [1.29, 1.82) is 0 Å². The third-order valence-corrected chi connectivity index (χ3v) is 1.84. The lowest BCUT2D eigenvalue weighted by Crippen LogP contribution is -2.06. The Hall–Kier alpha value is -1.78. The quantitative estimate of drug-likeness (QED) is 0.600. The first kappa shape index (κ1) is 13.3. The van der Waals surface area contributed by atoms with E-state index in [-0.39, 0.29) is 6.42 Å². The van der Waals surface area contributed by atoms with Crippen LogP contribution in [0.1, 0.15) is 12.0 Å². The van der Waals surface area contributed by atoms with Gasteiger partial charge >= 0.3 is 12.1 Å². The largest absolute Gasteiger partial charge is 0.435 e. The lowest BCUT2D eigenvalue weighted by Gasteiger charge is -2.01. The second-order valence-corrected chi connectivity index (χ2v) is 3.34. The standard InChI is InChI=1S/C12H11F3O2/c13-12(14,15)7-4-8-17-11(16)9-10-5-2-1-3-6-10/h1-6,8H,7,9H2. The average Bonchev–Trinajstić information content (AvgIpc) is 2.25. The maximum Gasteiger partial charge on any atom is 0.392 e. The Balaban J connectivity index is 2.31. The fourth-order valence-electron chi connectivity index (χ4n) is 1.11. The van der Waals surface area contributed by atoms with Crippen LogP contribution in [-0.4, -0.2) is 12.1 Å². The van der Waals surface area contributed by atoms with Gasteiger partial charge in [0.2, 0.25) is 0 Å². The van der Waals surface area contributed by atoms with Crippen molar-refractivity contribution in [2.24, 2.45) is 0 Å². The van der Waals surface area contributed by atoms with Crippen molar-refractivity contribution in [1.82, 2.24) is 0 Å². The highest BCUT2D eigenvalue weighted by Crippen LogP contribution is 2.19. The molecule has 0 aliphatic carbocycles. The first-order chi connectivity index (χ1) is 7.97. The van der Waals surface area contributed by atoms with Gasteiger partial charge in [-0.15, -0.1) is 0 Å². The molecule has 0 N–H and O–H groups in total. The van der Waals surface area contributed by atoms with E-state index in [1.54, 1.807) is 30.3 Å². The van der Waals surface area contributed by atoms with E-state index in [0.29, 0.717) is 0 Å². The highest BCUT2D eigenvalue weighted by atomic mass is 19.4. The highest BCUT2D eigenvalue weighted by molar-refractivity contribution is 5.73. The van der Waals surface area contributed by atoms with Crippen LogP contribution in [0.15, 0.2) is 42.7 Å². The molecule has 0 aliphatic rings. The molecule has 0 spiro atoms. The molecule has 0 saturated carbocycles. The van der Waals surface area contributed by atoms with E-state index >= 15 is 0 Å². The van der Waals surface area contributed by atoms with E-state index in [4.69, 9.17) is 0 Å². The molecule has 0 saturated heterocycles. The Labute approximate surface area is 96.7 Å². The second-order valence-electron chi connectivity index (χ2n) is 3.34. The molecule has 0 bridgehead atoms. The number of allylic oxidation sites excluding steroid dienone is 1. The van der Waals surface area contributed by atoms with Gasteiger partial charge in [-0.25, -0.2) is 0 Å². The summed E-state index contributed by atoms with van der Waals surface area (Å²) in [7, 11) is 0. The fraction of sp³-hybridized carbons (Fsp3) is 0.250. The van der Waals surface area contributed by atoms with Crippen molar-refractivity contribution in [3.05, 3.63) is 48.2 Å². The van der Waals surface area contributed by atoms with Crippen molar-refractivity contribution >= 4 is 5.97 Å². The molecule has 0 aromatic heterocycles. The Bertz CT molecular complexity index is 382. The third-order valence-electron chi connectivity index (χ3n) is 1.84. The van der Waals surface area contributed by atoms with Crippen LogP contribution in [0.2, 0.25) is 0 Å². The zero-order valence-corrected chi connectivity index (χ0v) is 8.91. The van der Waals surface area contributed by atoms with Crippen LogP contribution in [-0.2, 0) is 16.0 Å². The van der Waals surface area contributed by atoms with Gasteiger partial charge in [-0.2, -0.15) is 13.2 Å². The number of rotatable bonds is 4. The summed E-state index contributed by atoms with van der Waals surface area (Å²) in [6.45, 7) is 0. The predicted octanol–water partition coefficient (Wildman–Crippen LogP) is 3.24. The normalized spacial score (nSPS) is 11.7. The van der Waals surface area contributed by atoms with Gasteiger partial charge in [-0.1, -0.05) is 30.3 Å². The summed E-state index contributed by atoms with van der Waals surface area (Å²) in [6, 6.07) is 8.81. The average molecular weight is 244 g/mol. The van der Waals surface area contributed by atoms with Crippen LogP contribution < -0.4 is 0 Å². The van der Waals surface area contributed by atoms with Gasteiger partial charge in [0.25, 0.3) is 0 Å². The molecule has 0 aliphatic heterocycles. The van der Waals surface area contributed by atoms with Crippen molar-refractivity contribution < 1.29 is 22.7 Å². The van der Waals surface area contributed by atoms with Gasteiger partial charge in [0.15, 0.2) is 0 Å². The number of hydrogen-bond donors (Lipinski definition) is 0. The fourth-order valence-corrected chi connectivity index (χ4v) is 1.11. The summed E-state index contributed by atoms with van der Waals surface area (Å²) in [4.78, 5) is 11.2. The highest BCUT2D eigenvalue weighted by Gasteiger charge is 2.24. The molecule has 2 nitrogen and oxygen atoms in total. The Morgan fingerprint density at radius 3 is 2.47 bits per heavy atom. The number of carbonyl (C=O) groups is 1. The van der Waals surface area contributed by atoms with Crippen LogP contribution in [0, 0.1) is 0 Å². The number of alkyl halides is 3. The molecule has 92 valence electrons. The molecule has 0 fully saturated rings. The van der Waals surface area contributed by atoms with Crippen LogP contribution in [0.25, 0.3) is 0 Å². The van der Waals surface area contributed by atoms with Gasteiger partial charge in [0, 0.05) is 0 Å². The van der Waals surface area contributed by atoms with Crippen molar-refractivity contribution in [2.45, 2.75) is 19.0 Å². The molecule has 0 unspecified atom stereocenters. The van der Waals surface area contributed by atoms with Gasteiger partial charge in [0.05, 0.1) is 19.1 Å². The lowest BCUT2D eigenvalue weighted by atomic mass is 10.2. The van der Waals surface area contributed by atoms with E-state index in [9.17, 15) is 18.0 Å². The number of benzene rings is 1. The molecular formula is C12H11F3O2. The summed E-state index contributed by atoms with van der Waals surface area (Å²) in [5.74, 6) is -0.588. The molecule has 0 heterocycles. The smallest absolute Gasteiger partial charge is 0.392 e. The van der Waals surface area contributed by atoms with E-state index in [1.165, 1.54) is 0 Å². The molecule has 0 amide bonds. The minimum atomic E-state index is -4.28. The molecule has 17 heavy (non-hydrogen) atoms. The molecule has 1 rings (SSSR count). The van der Waals surface area contributed by atoms with E-state index in [1.807, 2.05) is 0 Å². The number of halogens is 3. The summed E-state index contributed by atoms with van der Waals surface area (Å²) >= 11 is 0. The Morgan fingerprint density at radius 2 is 1.88 bits per heavy atom. The monoisotopic (exact) mass is 244 g/mol. The van der Waals surface area contributed by atoms with Gasteiger partial charge in [-0.05, 0) is 11.6 Å². The Kier molecular flexibility index (Phi) is 4.75. The maximum absolute atomic E-state index is 11.7. The van der Waals surface area contributed by atoms with E-state index < -0.39 is 18.6 Å². The zero-order valence-electron chi connectivity index (χ0n) is 8.91. The minimum Gasteiger partial charge on any atom is -0.435 e. The predicted molar refractivity (Wildman–Crippen MR) is 56.1 cm³/mol. The topological polar surface area (TPSA) is 26.3 Å². The number of hydrogen-bond acceptors (Lipinski definition) is 2. The van der Waals surface area contributed by atoms with Crippen LogP contribution in [0.5, 0.6) is 0 Å². The van der Waals surface area contributed by atoms with E-state index in [2.05, 4.69) is 4.74 Å². The van der Waals surface area contributed by atoms with Crippen molar-refractivity contribution in [3.63, 3.8) is 0 Å². The van der Waals surface area contributed by atoms with Gasteiger partial charge in [0.1, 0.15) is 0 Å². The van der Waals surface area contributed by atoms with Crippen LogP contribution in [0.4, 0.5) is 13.2 Å². The lowest BCUT2D eigenvalue weighted by molar-refractivity contribution is -0.138. The molecular weight excluding hydrogens is 233 g/mol. The second kappa shape index (κ2) is 6.08. The van der Waals surface area contributed by atoms with Gasteiger partial charge < -0.3 is 4.74 Å². The van der Waals surface area contributed by atoms with E-state index in [0.717, 1.165) is 17.9 Å². The summed E-state index contributed by atoms with van der Waals surface area (Å²) in [5, 5.41) is 0. The summed E-state index contributed by atoms with van der Waals surface area (Å²) in [6.07, 6.45) is -3.80. The Morgan fingerprint density at radius 1 is 1.24 bits per heavy atom. The minimum absolute atomic E-state index is 0.0389. The third kappa shape index (κ3) is 6.40. The van der Waals surface area contributed by atoms with Crippen LogP contribution >= 0.6 is 0 Å². The summed E-state index contributed by atoms with van der Waals surface area (Å²) < 4.78 is 39.7. The molecule has 5 heteroatoms. The SMILES string of the molecule is O=C(Cc1ccccc1)OC=CCC(F)(F)F. The van der Waals surface area contributed by atoms with Crippen molar-refractivity contribution in [3.8, 4) is 0 Å². The molecule has 0 atom stereocenters. The molecule has 1 aromatic carbocycles. The molecule has 1 aromatic rings. The van der Waals surface area contributed by atoms with Gasteiger partial charge in [-0.3, -0.25) is 4.79 Å². The number of esters is 1. The van der Waals surface area contributed by atoms with Crippen molar-refractivity contribution in [2.75, 3.05) is 0 Å². The van der Waals surface area contributed by atoms with Crippen LogP contribution in [0.3, 0.4) is 0 Å². The maximum atomic E-state index is 11.7. The number of ether oxygens (including phenoxy) is 1. The number of carbonyl (C=O) groups excluding carboxylic acids is 1. The first-order valence-corrected chi connectivity index (χ1v) is 4.92. The zero-order chi connectivity index (χ0) is 12.7.